The molecule has 0 fully saturated rings. The van der Waals surface area contributed by atoms with Crippen LogP contribution in [0.5, 0.6) is 0 Å². The van der Waals surface area contributed by atoms with Crippen LogP contribution in [0.2, 0.25) is 0 Å². The molecule has 0 saturated heterocycles. The zero-order valence-electron chi connectivity index (χ0n) is 15.6. The van der Waals surface area contributed by atoms with Crippen LogP contribution >= 0.6 is 0 Å². The third-order valence-electron chi connectivity index (χ3n) is 5.94. The van der Waals surface area contributed by atoms with E-state index >= 15 is 0 Å². The maximum atomic E-state index is 13.6. The minimum Gasteiger partial charge on any atom is -0.268 e. The van der Waals surface area contributed by atoms with Gasteiger partial charge in [0.25, 0.3) is 11.8 Å². The quantitative estimate of drug-likeness (QED) is 0.586. The summed E-state index contributed by atoms with van der Waals surface area (Å²) in [5, 5.41) is 8.81. The molecule has 2 heterocycles. The molecular formula is C24H15N3O2. The molecule has 0 radical (unpaired) electrons. The number of hydrogen-bond donors (Lipinski definition) is 0. The predicted molar refractivity (Wildman–Crippen MR) is 108 cm³/mol. The van der Waals surface area contributed by atoms with Gasteiger partial charge in [-0.25, -0.2) is 4.90 Å². The number of amides is 2. The second kappa shape index (κ2) is 5.35. The first-order valence-electron chi connectivity index (χ1n) is 9.45. The lowest BCUT2D eigenvalue weighted by atomic mass is 9.81. The maximum Gasteiger partial charge on any atom is 0.286 e. The SMILES string of the molecule is Cc1ccc(N2C(=O)C3=C(C2=O)C2(N=N3)c3ccccc3-c3ccccc32)cc1. The number of anilines is 1. The van der Waals surface area contributed by atoms with E-state index in [0.29, 0.717) is 11.3 Å². The number of nitrogens with zero attached hydrogens (tertiary/aromatic N) is 3. The van der Waals surface area contributed by atoms with Gasteiger partial charge in [0.05, 0.1) is 11.3 Å². The normalized spacial score (nSPS) is 17.9. The summed E-state index contributed by atoms with van der Waals surface area (Å²) >= 11 is 0. The highest BCUT2D eigenvalue weighted by molar-refractivity contribution is 6.34. The number of azo groups is 1. The lowest BCUT2D eigenvalue weighted by molar-refractivity contribution is -0.121. The fourth-order valence-electron chi connectivity index (χ4n) is 4.63. The summed E-state index contributed by atoms with van der Waals surface area (Å²) in [7, 11) is 0. The zero-order chi connectivity index (χ0) is 19.8. The van der Waals surface area contributed by atoms with E-state index in [1.165, 1.54) is 4.90 Å². The van der Waals surface area contributed by atoms with Crippen LogP contribution in [0.1, 0.15) is 16.7 Å². The van der Waals surface area contributed by atoms with E-state index in [2.05, 4.69) is 10.2 Å². The van der Waals surface area contributed by atoms with Crippen LogP contribution in [-0.2, 0) is 15.1 Å². The zero-order valence-corrected chi connectivity index (χ0v) is 15.6. The molecule has 0 aromatic heterocycles. The van der Waals surface area contributed by atoms with Crippen molar-refractivity contribution in [2.45, 2.75) is 12.5 Å². The van der Waals surface area contributed by atoms with Crippen molar-refractivity contribution in [1.29, 1.82) is 0 Å². The topological polar surface area (TPSA) is 62.1 Å². The minimum absolute atomic E-state index is 0.141. The van der Waals surface area contributed by atoms with Crippen molar-refractivity contribution in [3.8, 4) is 11.1 Å². The van der Waals surface area contributed by atoms with Gasteiger partial charge in [0.1, 0.15) is 0 Å². The Hall–Kier alpha value is -3.86. The second-order valence-electron chi connectivity index (χ2n) is 7.51. The first kappa shape index (κ1) is 16.1. The smallest absolute Gasteiger partial charge is 0.268 e. The molecule has 3 aromatic rings. The largest absolute Gasteiger partial charge is 0.286 e. The number of rotatable bonds is 1. The summed E-state index contributed by atoms with van der Waals surface area (Å²) in [6, 6.07) is 23.1. The van der Waals surface area contributed by atoms with Crippen molar-refractivity contribution in [1.82, 2.24) is 0 Å². The molecule has 5 nitrogen and oxygen atoms in total. The summed E-state index contributed by atoms with van der Waals surface area (Å²) in [6.07, 6.45) is 0. The number of benzene rings is 3. The standard InChI is InChI=1S/C24H15N3O2/c1-14-10-12-15(13-11-14)27-22(28)20-21(23(27)29)25-26-24(20)18-8-4-2-6-16(18)17-7-3-5-9-19(17)24/h2-13H,1H3. The van der Waals surface area contributed by atoms with Crippen molar-refractivity contribution in [3.63, 3.8) is 0 Å². The molecule has 138 valence electrons. The van der Waals surface area contributed by atoms with Crippen LogP contribution in [-0.4, -0.2) is 11.8 Å². The van der Waals surface area contributed by atoms with E-state index in [0.717, 1.165) is 27.8 Å². The predicted octanol–water partition coefficient (Wildman–Crippen LogP) is 4.51. The number of carbonyl (C=O) groups excluding carboxylic acids is 2. The van der Waals surface area contributed by atoms with Gasteiger partial charge in [-0.15, -0.1) is 5.11 Å². The van der Waals surface area contributed by atoms with Gasteiger partial charge in [0, 0.05) is 0 Å². The molecule has 29 heavy (non-hydrogen) atoms. The van der Waals surface area contributed by atoms with Crippen molar-refractivity contribution in [2.24, 2.45) is 10.2 Å². The average Bonchev–Trinajstić information content (AvgIpc) is 3.36. The summed E-state index contributed by atoms with van der Waals surface area (Å²) < 4.78 is 0. The van der Waals surface area contributed by atoms with Crippen LogP contribution in [0.25, 0.3) is 11.1 Å². The summed E-state index contributed by atoms with van der Waals surface area (Å²) in [6.45, 7) is 1.96. The van der Waals surface area contributed by atoms with Crippen LogP contribution in [0.3, 0.4) is 0 Å². The third-order valence-corrected chi connectivity index (χ3v) is 5.94. The van der Waals surface area contributed by atoms with Gasteiger partial charge in [-0.05, 0) is 41.3 Å². The fourth-order valence-corrected chi connectivity index (χ4v) is 4.63. The molecule has 1 aliphatic carbocycles. The Morgan fingerprint density at radius 3 is 1.97 bits per heavy atom. The van der Waals surface area contributed by atoms with E-state index < -0.39 is 11.4 Å². The Labute approximate surface area is 167 Å². The average molecular weight is 377 g/mol. The first-order valence-corrected chi connectivity index (χ1v) is 9.45. The van der Waals surface area contributed by atoms with Crippen LogP contribution in [0, 0.1) is 6.92 Å². The fraction of sp³-hybridized carbons (Fsp3) is 0.0833. The van der Waals surface area contributed by atoms with Gasteiger partial charge in [0.2, 0.25) is 0 Å². The molecule has 0 atom stereocenters. The van der Waals surface area contributed by atoms with Gasteiger partial charge < -0.3 is 0 Å². The molecular weight excluding hydrogens is 362 g/mol. The molecule has 3 aromatic carbocycles. The Balaban J connectivity index is 1.59. The van der Waals surface area contributed by atoms with E-state index in [4.69, 9.17) is 0 Å². The summed E-state index contributed by atoms with van der Waals surface area (Å²) in [5.74, 6) is -0.776. The highest BCUT2D eigenvalue weighted by Crippen LogP contribution is 2.58. The lowest BCUT2D eigenvalue weighted by Gasteiger charge is -2.25. The molecule has 0 saturated carbocycles. The lowest BCUT2D eigenvalue weighted by Crippen LogP contribution is -2.36. The van der Waals surface area contributed by atoms with Gasteiger partial charge in [0.15, 0.2) is 11.2 Å². The number of imide groups is 1. The Morgan fingerprint density at radius 2 is 1.34 bits per heavy atom. The first-order chi connectivity index (χ1) is 14.1. The Kier molecular flexibility index (Phi) is 2.98. The highest BCUT2D eigenvalue weighted by Gasteiger charge is 2.59. The van der Waals surface area contributed by atoms with Crippen molar-refractivity contribution in [2.75, 3.05) is 4.90 Å². The number of aryl methyl sites for hydroxylation is 1. The Morgan fingerprint density at radius 1 is 0.759 bits per heavy atom. The molecule has 3 aliphatic rings. The van der Waals surface area contributed by atoms with Crippen LogP contribution < -0.4 is 4.90 Å². The molecule has 6 rings (SSSR count). The second-order valence-corrected chi connectivity index (χ2v) is 7.51. The van der Waals surface area contributed by atoms with Crippen LogP contribution in [0.4, 0.5) is 5.69 Å². The molecule has 5 heteroatoms. The molecule has 2 amide bonds. The summed E-state index contributed by atoms with van der Waals surface area (Å²) in [4.78, 5) is 27.9. The van der Waals surface area contributed by atoms with Crippen molar-refractivity contribution in [3.05, 3.63) is 101 Å². The molecule has 0 bridgehead atoms. The van der Waals surface area contributed by atoms with Gasteiger partial charge in [-0.1, -0.05) is 66.2 Å². The van der Waals surface area contributed by atoms with Crippen LogP contribution in [0.15, 0.2) is 94.3 Å². The van der Waals surface area contributed by atoms with Gasteiger partial charge in [-0.3, -0.25) is 9.59 Å². The monoisotopic (exact) mass is 377 g/mol. The maximum absolute atomic E-state index is 13.6. The number of hydrogen-bond acceptors (Lipinski definition) is 4. The molecule has 1 spiro atoms. The number of fused-ring (bicyclic) bond motifs is 6. The molecule has 2 aliphatic heterocycles. The number of carbonyl (C=O) groups is 2. The van der Waals surface area contributed by atoms with Gasteiger partial charge >= 0.3 is 0 Å². The minimum atomic E-state index is -1.06. The molecule has 0 N–H and O–H groups in total. The van der Waals surface area contributed by atoms with Gasteiger partial charge in [-0.2, -0.15) is 5.11 Å². The third kappa shape index (κ3) is 1.84. The Bertz CT molecular complexity index is 1260. The van der Waals surface area contributed by atoms with E-state index in [-0.39, 0.29) is 11.6 Å². The van der Waals surface area contributed by atoms with Crippen molar-refractivity contribution < 1.29 is 9.59 Å². The molecule has 0 unspecified atom stereocenters. The van der Waals surface area contributed by atoms with E-state index in [9.17, 15) is 9.59 Å². The van der Waals surface area contributed by atoms with E-state index in [1.54, 1.807) is 12.1 Å². The summed E-state index contributed by atoms with van der Waals surface area (Å²) in [5.41, 5.74) is 4.85. The highest BCUT2D eigenvalue weighted by atomic mass is 16.2. The van der Waals surface area contributed by atoms with Crippen molar-refractivity contribution >= 4 is 17.5 Å². The van der Waals surface area contributed by atoms with E-state index in [1.807, 2.05) is 67.6 Å².